The van der Waals surface area contributed by atoms with E-state index in [-0.39, 0.29) is 5.78 Å². The number of benzene rings is 1. The molecule has 2 aliphatic carbocycles. The van der Waals surface area contributed by atoms with Crippen LogP contribution >= 0.6 is 0 Å². The molecule has 0 amide bonds. The maximum Gasteiger partial charge on any atom is 0.133 e. The molecule has 3 rings (SSSR count). The topological polar surface area (TPSA) is 61.1 Å². The Balaban J connectivity index is 1.94. The maximum atomic E-state index is 11.4. The average Bonchev–Trinajstić information content (AvgIpc) is 2.49. The Morgan fingerprint density at radius 1 is 1.05 bits per heavy atom. The first kappa shape index (κ1) is 13.3. The number of aryl methyl sites for hydroxylation is 1. The number of Topliss-reactive ketones (excluding diaryl/α,β-unsaturated/α-hetero) is 1. The van der Waals surface area contributed by atoms with Crippen LogP contribution in [0.15, 0.2) is 24.3 Å². The molecule has 0 aliphatic heterocycles. The average molecular weight is 269 g/mol. The molecule has 1 aromatic carbocycles. The predicted molar refractivity (Wildman–Crippen MR) is 74.9 cm³/mol. The highest BCUT2D eigenvalue weighted by Gasteiger charge is 2.53. The summed E-state index contributed by atoms with van der Waals surface area (Å²) in [6, 6.07) is 10.6. The molecule has 0 spiro atoms. The van der Waals surface area contributed by atoms with E-state index >= 15 is 0 Å². The quantitative estimate of drug-likeness (QED) is 0.852. The van der Waals surface area contributed by atoms with Crippen molar-refractivity contribution >= 4 is 5.78 Å². The van der Waals surface area contributed by atoms with Gasteiger partial charge in [0.15, 0.2) is 0 Å². The van der Waals surface area contributed by atoms with Gasteiger partial charge in [0.05, 0.1) is 17.1 Å². The van der Waals surface area contributed by atoms with E-state index in [9.17, 15) is 15.2 Å². The van der Waals surface area contributed by atoms with Crippen LogP contribution in [0.1, 0.15) is 43.2 Å². The molecule has 20 heavy (non-hydrogen) atoms. The van der Waals surface area contributed by atoms with Crippen LogP contribution in [-0.2, 0) is 17.6 Å². The molecule has 3 nitrogen and oxygen atoms in total. The van der Waals surface area contributed by atoms with Crippen molar-refractivity contribution in [2.24, 2.45) is 5.41 Å². The summed E-state index contributed by atoms with van der Waals surface area (Å²) in [5.41, 5.74) is 0.713. The Labute approximate surface area is 119 Å². The number of carbonyl (C=O) groups is 1. The largest absolute Gasteiger partial charge is 0.388 e. The highest BCUT2D eigenvalue weighted by molar-refractivity contribution is 5.79. The zero-order chi connectivity index (χ0) is 14.2. The first-order chi connectivity index (χ1) is 9.59. The molecule has 1 unspecified atom stereocenters. The predicted octanol–water partition coefficient (Wildman–Crippen LogP) is 2.56. The Kier molecular flexibility index (Phi) is 3.14. The molecular formula is C17H19NO2. The van der Waals surface area contributed by atoms with Crippen LogP contribution in [0.25, 0.3) is 0 Å². The third-order valence-corrected chi connectivity index (χ3v) is 5.17. The lowest BCUT2D eigenvalue weighted by molar-refractivity contribution is -0.133. The number of nitrogens with zero attached hydrogens (tertiary/aromatic N) is 1. The Hall–Kier alpha value is -1.66. The van der Waals surface area contributed by atoms with Crippen molar-refractivity contribution in [3.8, 4) is 6.07 Å². The standard InChI is InChI=1S/C17H19NO2/c18-12-16(17(20)9-6-15(19)7-10-17)8-5-13-3-1-2-4-14(13)11-16/h1-4,20H,5-11H2. The summed E-state index contributed by atoms with van der Waals surface area (Å²) >= 11 is 0. The van der Waals surface area contributed by atoms with E-state index in [1.807, 2.05) is 12.1 Å². The molecule has 0 radical (unpaired) electrons. The molecule has 1 saturated carbocycles. The lowest BCUT2D eigenvalue weighted by Gasteiger charge is -2.47. The van der Waals surface area contributed by atoms with Crippen LogP contribution in [0, 0.1) is 16.7 Å². The van der Waals surface area contributed by atoms with Crippen molar-refractivity contribution in [3.05, 3.63) is 35.4 Å². The number of hydrogen-bond acceptors (Lipinski definition) is 3. The van der Waals surface area contributed by atoms with Gasteiger partial charge in [-0.05, 0) is 43.2 Å². The van der Waals surface area contributed by atoms with Crippen molar-refractivity contribution in [2.75, 3.05) is 0 Å². The molecule has 1 aromatic rings. The van der Waals surface area contributed by atoms with E-state index in [2.05, 4.69) is 18.2 Å². The third kappa shape index (κ3) is 1.96. The molecular weight excluding hydrogens is 250 g/mol. The Morgan fingerprint density at radius 3 is 2.35 bits per heavy atom. The number of fused-ring (bicyclic) bond motifs is 1. The van der Waals surface area contributed by atoms with E-state index in [0.717, 1.165) is 6.42 Å². The minimum absolute atomic E-state index is 0.207. The second-order valence-corrected chi connectivity index (χ2v) is 6.21. The summed E-state index contributed by atoms with van der Waals surface area (Å²) in [5, 5.41) is 20.8. The summed E-state index contributed by atoms with van der Waals surface area (Å²) in [5.74, 6) is 0.207. The van der Waals surface area contributed by atoms with Gasteiger partial charge in [0.2, 0.25) is 0 Å². The zero-order valence-electron chi connectivity index (χ0n) is 11.6. The van der Waals surface area contributed by atoms with Crippen LogP contribution in [0.4, 0.5) is 0 Å². The monoisotopic (exact) mass is 269 g/mol. The van der Waals surface area contributed by atoms with E-state index in [1.165, 1.54) is 11.1 Å². The minimum Gasteiger partial charge on any atom is -0.388 e. The van der Waals surface area contributed by atoms with Gasteiger partial charge in [-0.25, -0.2) is 0 Å². The first-order valence-electron chi connectivity index (χ1n) is 7.31. The SMILES string of the molecule is N#CC1(C2(O)CCC(=O)CC2)CCc2ccccc2C1. The van der Waals surface area contributed by atoms with Crippen LogP contribution in [0.3, 0.4) is 0 Å². The normalized spacial score (nSPS) is 28.5. The number of aliphatic hydroxyl groups is 1. The Bertz CT molecular complexity index is 577. The van der Waals surface area contributed by atoms with E-state index in [4.69, 9.17) is 0 Å². The fraction of sp³-hybridized carbons (Fsp3) is 0.529. The molecule has 1 N–H and O–H groups in total. The van der Waals surface area contributed by atoms with Gasteiger partial charge in [-0.1, -0.05) is 24.3 Å². The molecule has 0 heterocycles. The molecule has 0 saturated heterocycles. The lowest BCUT2D eigenvalue weighted by Crippen LogP contribution is -2.52. The van der Waals surface area contributed by atoms with Crippen LogP contribution < -0.4 is 0 Å². The number of rotatable bonds is 1. The maximum absolute atomic E-state index is 11.4. The van der Waals surface area contributed by atoms with Crippen molar-refractivity contribution in [2.45, 2.75) is 50.5 Å². The molecule has 0 aromatic heterocycles. The van der Waals surface area contributed by atoms with E-state index < -0.39 is 11.0 Å². The summed E-state index contributed by atoms with van der Waals surface area (Å²) in [4.78, 5) is 11.4. The Morgan fingerprint density at radius 2 is 1.70 bits per heavy atom. The highest BCUT2D eigenvalue weighted by Crippen LogP contribution is 2.49. The van der Waals surface area contributed by atoms with Gasteiger partial charge in [-0.2, -0.15) is 5.26 Å². The van der Waals surface area contributed by atoms with Gasteiger partial charge in [0.1, 0.15) is 5.78 Å². The van der Waals surface area contributed by atoms with Crippen molar-refractivity contribution in [1.82, 2.24) is 0 Å². The van der Waals surface area contributed by atoms with E-state index in [1.54, 1.807) is 0 Å². The smallest absolute Gasteiger partial charge is 0.133 e. The summed E-state index contributed by atoms with van der Waals surface area (Å²) < 4.78 is 0. The molecule has 1 fully saturated rings. The van der Waals surface area contributed by atoms with Crippen LogP contribution in [-0.4, -0.2) is 16.5 Å². The van der Waals surface area contributed by atoms with Gasteiger partial charge in [-0.3, -0.25) is 4.79 Å². The summed E-state index contributed by atoms with van der Waals surface area (Å²) in [7, 11) is 0. The first-order valence-corrected chi connectivity index (χ1v) is 7.31. The molecule has 1 atom stereocenters. The van der Waals surface area contributed by atoms with Crippen molar-refractivity contribution < 1.29 is 9.90 Å². The van der Waals surface area contributed by atoms with Gasteiger partial charge in [0, 0.05) is 12.8 Å². The number of nitriles is 1. The molecule has 2 aliphatic rings. The van der Waals surface area contributed by atoms with Crippen LogP contribution in [0.5, 0.6) is 0 Å². The van der Waals surface area contributed by atoms with Gasteiger partial charge >= 0.3 is 0 Å². The van der Waals surface area contributed by atoms with Gasteiger partial charge in [0.25, 0.3) is 0 Å². The lowest BCUT2D eigenvalue weighted by atomic mass is 9.58. The fourth-order valence-electron chi connectivity index (χ4n) is 3.75. The second-order valence-electron chi connectivity index (χ2n) is 6.21. The van der Waals surface area contributed by atoms with Gasteiger partial charge in [-0.15, -0.1) is 0 Å². The number of hydrogen-bond donors (Lipinski definition) is 1. The highest BCUT2D eigenvalue weighted by atomic mass is 16.3. The minimum atomic E-state index is -1.01. The summed E-state index contributed by atoms with van der Waals surface area (Å²) in [6.45, 7) is 0. The molecule has 0 bridgehead atoms. The van der Waals surface area contributed by atoms with Crippen molar-refractivity contribution in [1.29, 1.82) is 5.26 Å². The third-order valence-electron chi connectivity index (χ3n) is 5.17. The van der Waals surface area contributed by atoms with E-state index in [0.29, 0.717) is 38.5 Å². The molecule has 104 valence electrons. The fourth-order valence-corrected chi connectivity index (χ4v) is 3.75. The number of ketones is 1. The molecule has 3 heteroatoms. The second kappa shape index (κ2) is 4.71. The van der Waals surface area contributed by atoms with Crippen molar-refractivity contribution in [3.63, 3.8) is 0 Å². The number of carbonyl (C=O) groups excluding carboxylic acids is 1. The van der Waals surface area contributed by atoms with Crippen LogP contribution in [0.2, 0.25) is 0 Å². The summed E-state index contributed by atoms with van der Waals surface area (Å²) in [6.07, 6.45) is 3.79. The van der Waals surface area contributed by atoms with Gasteiger partial charge < -0.3 is 5.11 Å². The zero-order valence-corrected chi connectivity index (χ0v) is 11.6.